The lowest BCUT2D eigenvalue weighted by Crippen LogP contribution is -2.12. The number of carbonyl (C=O) groups excluding carboxylic acids is 1. The molecule has 0 bridgehead atoms. The third-order valence-electron chi connectivity index (χ3n) is 2.35. The van der Waals surface area contributed by atoms with Crippen LogP contribution in [0.15, 0.2) is 36.7 Å². The first-order chi connectivity index (χ1) is 9.06. The van der Waals surface area contributed by atoms with Crippen molar-refractivity contribution >= 4 is 34.6 Å². The molecule has 0 saturated heterocycles. The highest BCUT2D eigenvalue weighted by molar-refractivity contribution is 7.80. The molecule has 7 heteroatoms. The van der Waals surface area contributed by atoms with E-state index in [2.05, 4.69) is 15.3 Å². The van der Waals surface area contributed by atoms with Crippen molar-refractivity contribution in [1.82, 2.24) is 9.97 Å². The molecule has 2 rings (SSSR count). The third-order valence-corrected chi connectivity index (χ3v) is 2.56. The summed E-state index contributed by atoms with van der Waals surface area (Å²) in [5.74, 6) is 0.0824. The number of aromatic nitrogens is 2. The highest BCUT2D eigenvalue weighted by Crippen LogP contribution is 2.14. The summed E-state index contributed by atoms with van der Waals surface area (Å²) in [5, 5.41) is 3.03. The third kappa shape index (κ3) is 3.23. The predicted octanol–water partition coefficient (Wildman–Crippen LogP) is 0.953. The van der Waals surface area contributed by atoms with Crippen LogP contribution in [0.2, 0.25) is 0 Å². The van der Waals surface area contributed by atoms with Gasteiger partial charge in [-0.1, -0.05) is 12.2 Å². The van der Waals surface area contributed by atoms with Gasteiger partial charge in [0.05, 0.1) is 12.4 Å². The van der Waals surface area contributed by atoms with Gasteiger partial charge in [0.1, 0.15) is 16.5 Å². The second-order valence-corrected chi connectivity index (χ2v) is 4.16. The molecule has 1 aromatic heterocycles. The maximum Gasteiger partial charge on any atom is 0.248 e. The van der Waals surface area contributed by atoms with E-state index < -0.39 is 5.91 Å². The molecule has 0 fully saturated rings. The van der Waals surface area contributed by atoms with Gasteiger partial charge in [-0.2, -0.15) is 0 Å². The number of anilines is 2. The lowest BCUT2D eigenvalue weighted by atomic mass is 10.2. The molecule has 0 saturated carbocycles. The normalized spacial score (nSPS) is 9.89. The highest BCUT2D eigenvalue weighted by Gasteiger charge is 2.02. The Balaban J connectivity index is 2.12. The summed E-state index contributed by atoms with van der Waals surface area (Å²) in [6.07, 6.45) is 3.01. The van der Waals surface area contributed by atoms with Crippen LogP contribution in [0.3, 0.4) is 0 Å². The van der Waals surface area contributed by atoms with Gasteiger partial charge in [0.25, 0.3) is 0 Å². The summed E-state index contributed by atoms with van der Waals surface area (Å²) in [6, 6.07) is 6.70. The molecule has 1 amide bonds. The number of benzene rings is 1. The quantitative estimate of drug-likeness (QED) is 0.716. The van der Waals surface area contributed by atoms with Gasteiger partial charge in [-0.15, -0.1) is 0 Å². The predicted molar refractivity (Wildman–Crippen MR) is 76.2 cm³/mol. The van der Waals surface area contributed by atoms with Crippen LogP contribution in [0.5, 0.6) is 0 Å². The smallest absolute Gasteiger partial charge is 0.248 e. The van der Waals surface area contributed by atoms with Gasteiger partial charge in [-0.25, -0.2) is 9.97 Å². The number of nitrogens with one attached hydrogen (secondary N) is 1. The molecule has 0 atom stereocenters. The Hall–Kier alpha value is -2.54. The van der Waals surface area contributed by atoms with Crippen molar-refractivity contribution < 1.29 is 4.79 Å². The van der Waals surface area contributed by atoms with Crippen molar-refractivity contribution in [3.8, 4) is 0 Å². The molecule has 0 spiro atoms. The summed E-state index contributed by atoms with van der Waals surface area (Å²) >= 11 is 4.78. The molecule has 19 heavy (non-hydrogen) atoms. The average molecular weight is 273 g/mol. The maximum atomic E-state index is 10.9. The van der Waals surface area contributed by atoms with Gasteiger partial charge in [-0.3, -0.25) is 4.79 Å². The number of amides is 1. The van der Waals surface area contributed by atoms with Gasteiger partial charge in [-0.05, 0) is 24.3 Å². The van der Waals surface area contributed by atoms with Gasteiger partial charge < -0.3 is 16.8 Å². The zero-order valence-corrected chi connectivity index (χ0v) is 10.6. The van der Waals surface area contributed by atoms with E-state index in [1.165, 1.54) is 12.4 Å². The second-order valence-electron chi connectivity index (χ2n) is 3.72. The van der Waals surface area contributed by atoms with Crippen LogP contribution in [0, 0.1) is 0 Å². The van der Waals surface area contributed by atoms with Crippen LogP contribution < -0.4 is 16.8 Å². The number of carbonyl (C=O) groups is 1. The summed E-state index contributed by atoms with van der Waals surface area (Å²) in [5.41, 5.74) is 12.3. The molecule has 0 aliphatic carbocycles. The van der Waals surface area contributed by atoms with E-state index in [0.29, 0.717) is 17.1 Å². The van der Waals surface area contributed by atoms with E-state index in [0.717, 1.165) is 5.69 Å². The molecular weight excluding hydrogens is 262 g/mol. The van der Waals surface area contributed by atoms with Gasteiger partial charge in [0, 0.05) is 11.3 Å². The van der Waals surface area contributed by atoms with Crippen molar-refractivity contribution in [2.75, 3.05) is 5.32 Å². The van der Waals surface area contributed by atoms with E-state index in [4.69, 9.17) is 23.7 Å². The molecule has 0 aliphatic rings. The maximum absolute atomic E-state index is 10.9. The van der Waals surface area contributed by atoms with Gasteiger partial charge in [0.15, 0.2) is 0 Å². The van der Waals surface area contributed by atoms with Crippen molar-refractivity contribution in [3.63, 3.8) is 0 Å². The van der Waals surface area contributed by atoms with Crippen molar-refractivity contribution in [1.29, 1.82) is 0 Å². The fourth-order valence-corrected chi connectivity index (χ4v) is 1.49. The number of hydrogen-bond acceptors (Lipinski definition) is 5. The van der Waals surface area contributed by atoms with Gasteiger partial charge in [0.2, 0.25) is 5.91 Å². The minimum atomic E-state index is -0.466. The number of hydrogen-bond donors (Lipinski definition) is 3. The molecule has 1 aromatic carbocycles. The number of rotatable bonds is 4. The fourth-order valence-electron chi connectivity index (χ4n) is 1.39. The molecule has 0 radical (unpaired) electrons. The highest BCUT2D eigenvalue weighted by atomic mass is 32.1. The van der Waals surface area contributed by atoms with Crippen LogP contribution in [0.25, 0.3) is 0 Å². The molecule has 96 valence electrons. The molecule has 2 aromatic rings. The molecule has 0 aliphatic heterocycles. The van der Waals surface area contributed by atoms with Crippen LogP contribution in [0.1, 0.15) is 16.1 Å². The average Bonchev–Trinajstić information content (AvgIpc) is 2.40. The first-order valence-electron chi connectivity index (χ1n) is 5.35. The number of primary amides is 1. The number of nitrogens with two attached hydrogens (primary N) is 2. The zero-order valence-electron chi connectivity index (χ0n) is 9.83. The largest absolute Gasteiger partial charge is 0.388 e. The van der Waals surface area contributed by atoms with Gasteiger partial charge >= 0.3 is 0 Å². The molecule has 5 N–H and O–H groups in total. The Morgan fingerprint density at radius 3 is 2.26 bits per heavy atom. The van der Waals surface area contributed by atoms with Crippen LogP contribution in [0.4, 0.5) is 11.5 Å². The Morgan fingerprint density at radius 2 is 1.79 bits per heavy atom. The molecular formula is C12H11N5OS. The van der Waals surface area contributed by atoms with E-state index in [-0.39, 0.29) is 4.99 Å². The number of nitrogens with zero attached hydrogens (tertiary/aromatic N) is 2. The lowest BCUT2D eigenvalue weighted by molar-refractivity contribution is 0.100. The van der Waals surface area contributed by atoms with Crippen molar-refractivity contribution in [2.24, 2.45) is 11.5 Å². The molecule has 0 unspecified atom stereocenters. The summed E-state index contributed by atoms with van der Waals surface area (Å²) in [6.45, 7) is 0. The lowest BCUT2D eigenvalue weighted by Gasteiger charge is -2.06. The standard InChI is InChI=1S/C12H11N5OS/c13-11(18)7-1-3-8(4-2-7)17-10-6-15-9(5-16-10)12(14)19/h1-6H,(H2,13,18)(H2,14,19)(H,16,17). The van der Waals surface area contributed by atoms with E-state index in [9.17, 15) is 4.79 Å². The Kier molecular flexibility index (Phi) is 3.67. The van der Waals surface area contributed by atoms with Crippen LogP contribution in [-0.2, 0) is 0 Å². The summed E-state index contributed by atoms with van der Waals surface area (Å²) in [7, 11) is 0. The SMILES string of the molecule is NC(=O)c1ccc(Nc2cnc(C(N)=S)cn2)cc1. The Bertz CT molecular complexity index is 554. The summed E-state index contributed by atoms with van der Waals surface area (Å²) in [4.78, 5) is 19.3. The molecule has 1 heterocycles. The van der Waals surface area contributed by atoms with E-state index >= 15 is 0 Å². The zero-order chi connectivity index (χ0) is 13.8. The van der Waals surface area contributed by atoms with Crippen LogP contribution >= 0.6 is 12.2 Å². The topological polar surface area (TPSA) is 107 Å². The first kappa shape index (κ1) is 12.9. The Morgan fingerprint density at radius 1 is 1.11 bits per heavy atom. The van der Waals surface area contributed by atoms with Crippen molar-refractivity contribution in [2.45, 2.75) is 0 Å². The van der Waals surface area contributed by atoms with Crippen LogP contribution in [-0.4, -0.2) is 20.9 Å². The molecule has 6 nitrogen and oxygen atoms in total. The minimum Gasteiger partial charge on any atom is -0.388 e. The Labute approximate surface area is 114 Å². The fraction of sp³-hybridized carbons (Fsp3) is 0. The van der Waals surface area contributed by atoms with Crippen molar-refractivity contribution in [3.05, 3.63) is 47.9 Å². The monoisotopic (exact) mass is 273 g/mol. The van der Waals surface area contributed by atoms with E-state index in [1.54, 1.807) is 24.3 Å². The minimum absolute atomic E-state index is 0.199. The summed E-state index contributed by atoms with van der Waals surface area (Å²) < 4.78 is 0. The first-order valence-corrected chi connectivity index (χ1v) is 5.76. The second kappa shape index (κ2) is 5.40. The van der Waals surface area contributed by atoms with E-state index in [1.807, 2.05) is 0 Å². The number of thiocarbonyl (C=S) groups is 1.